The van der Waals surface area contributed by atoms with Crippen LogP contribution in [0.4, 0.5) is 0 Å². The van der Waals surface area contributed by atoms with Crippen molar-refractivity contribution in [2.75, 3.05) is 0 Å². The minimum atomic E-state index is -1.18. The summed E-state index contributed by atoms with van der Waals surface area (Å²) < 4.78 is 1.19. The topological polar surface area (TPSA) is 118 Å². The van der Waals surface area contributed by atoms with E-state index in [1.807, 2.05) is 0 Å². The van der Waals surface area contributed by atoms with Crippen LogP contribution >= 0.6 is 0 Å². The van der Waals surface area contributed by atoms with Gasteiger partial charge in [-0.1, -0.05) is 0 Å². The summed E-state index contributed by atoms with van der Waals surface area (Å²) in [7, 11) is 0. The molecule has 0 amide bonds. The Morgan fingerprint density at radius 3 is 2.89 bits per heavy atom. The van der Waals surface area contributed by atoms with E-state index >= 15 is 0 Å². The highest BCUT2D eigenvalue weighted by Gasteiger charge is 2.12. The molecule has 0 spiro atoms. The molecule has 0 radical (unpaired) electrons. The van der Waals surface area contributed by atoms with Crippen LogP contribution in [-0.2, 0) is 6.54 Å². The number of aromatic carboxylic acids is 1. The molecule has 8 heteroatoms. The van der Waals surface area contributed by atoms with Crippen molar-refractivity contribution in [2.24, 2.45) is 0 Å². The van der Waals surface area contributed by atoms with E-state index in [1.165, 1.54) is 17.1 Å². The van der Waals surface area contributed by atoms with Gasteiger partial charge in [0.1, 0.15) is 11.9 Å². The van der Waals surface area contributed by atoms with E-state index < -0.39 is 17.2 Å². The first kappa shape index (κ1) is 12.7. The van der Waals surface area contributed by atoms with Gasteiger partial charge in [0.05, 0.1) is 12.2 Å². The second kappa shape index (κ2) is 4.84. The maximum atomic E-state index is 11.6. The van der Waals surface area contributed by atoms with Crippen LogP contribution in [0.3, 0.4) is 0 Å². The fourth-order valence-corrected chi connectivity index (χ4v) is 1.56. The molecule has 0 aromatic carbocycles. The Labute approximate surface area is 106 Å². The first-order valence-electron chi connectivity index (χ1n) is 5.31. The monoisotopic (exact) mass is 262 g/mol. The second-order valence-corrected chi connectivity index (χ2v) is 3.89. The molecule has 0 atom stereocenters. The van der Waals surface area contributed by atoms with Crippen molar-refractivity contribution in [1.29, 1.82) is 0 Å². The molecule has 0 bridgehead atoms. The van der Waals surface area contributed by atoms with Crippen molar-refractivity contribution < 1.29 is 9.90 Å². The van der Waals surface area contributed by atoms with Crippen LogP contribution in [0.5, 0.6) is 0 Å². The van der Waals surface area contributed by atoms with Crippen LogP contribution < -0.4 is 11.2 Å². The Hall–Kier alpha value is -2.77. The third kappa shape index (κ3) is 2.57. The average molecular weight is 262 g/mol. The number of aromatic nitrogens is 4. The Morgan fingerprint density at radius 1 is 1.47 bits per heavy atom. The molecule has 0 aliphatic rings. The van der Waals surface area contributed by atoms with Crippen molar-refractivity contribution in [3.63, 3.8) is 0 Å². The summed E-state index contributed by atoms with van der Waals surface area (Å²) in [4.78, 5) is 43.4. The van der Waals surface area contributed by atoms with Crippen LogP contribution in [-0.4, -0.2) is 30.6 Å². The highest BCUT2D eigenvalue weighted by molar-refractivity contribution is 5.88. The Kier molecular flexibility index (Phi) is 3.23. The summed E-state index contributed by atoms with van der Waals surface area (Å²) in [6.07, 6.45) is 3.72. The van der Waals surface area contributed by atoms with Gasteiger partial charge in [0.15, 0.2) is 0 Å². The number of nitrogens with zero attached hydrogens (tertiary/aromatic N) is 3. The quantitative estimate of drug-likeness (QED) is 0.761. The number of hydrogen-bond acceptors (Lipinski definition) is 5. The molecular formula is C11H10N4O4. The molecule has 0 aliphatic heterocycles. The summed E-state index contributed by atoms with van der Waals surface area (Å²) in [5, 5.41) is 8.99. The molecule has 0 saturated heterocycles. The molecule has 98 valence electrons. The predicted molar refractivity (Wildman–Crippen MR) is 64.2 cm³/mol. The van der Waals surface area contributed by atoms with E-state index in [-0.39, 0.29) is 17.8 Å². The minimum Gasteiger partial charge on any atom is -0.478 e. The molecule has 8 nitrogen and oxygen atoms in total. The summed E-state index contributed by atoms with van der Waals surface area (Å²) in [6, 6.07) is 0. The molecule has 19 heavy (non-hydrogen) atoms. The van der Waals surface area contributed by atoms with Crippen molar-refractivity contribution >= 4 is 5.97 Å². The van der Waals surface area contributed by atoms with E-state index in [0.717, 1.165) is 6.20 Å². The molecule has 0 saturated carbocycles. The number of nitrogens with one attached hydrogen (secondary N) is 1. The van der Waals surface area contributed by atoms with Gasteiger partial charge in [0, 0.05) is 18.0 Å². The average Bonchev–Trinajstić information content (AvgIpc) is 2.36. The van der Waals surface area contributed by atoms with Gasteiger partial charge in [-0.05, 0) is 6.92 Å². The molecule has 2 rings (SSSR count). The predicted octanol–water partition coefficient (Wildman–Crippen LogP) is -0.618. The zero-order valence-corrected chi connectivity index (χ0v) is 9.95. The third-order valence-corrected chi connectivity index (χ3v) is 2.53. The number of hydrogen-bond donors (Lipinski definition) is 2. The van der Waals surface area contributed by atoms with Gasteiger partial charge in [-0.2, -0.15) is 0 Å². The lowest BCUT2D eigenvalue weighted by Gasteiger charge is -2.07. The van der Waals surface area contributed by atoms with Crippen LogP contribution in [0.2, 0.25) is 0 Å². The number of rotatable bonds is 3. The Morgan fingerprint density at radius 2 is 2.21 bits per heavy atom. The maximum absolute atomic E-state index is 11.6. The van der Waals surface area contributed by atoms with Gasteiger partial charge < -0.3 is 5.11 Å². The first-order chi connectivity index (χ1) is 8.99. The summed E-state index contributed by atoms with van der Waals surface area (Å²) in [5.41, 5.74) is -0.632. The number of carboxylic acid groups (broad SMARTS) is 1. The molecule has 2 heterocycles. The number of aryl methyl sites for hydroxylation is 1. The molecule has 2 aromatic heterocycles. The van der Waals surface area contributed by atoms with E-state index in [4.69, 9.17) is 5.11 Å². The number of carbonyl (C=O) groups is 1. The van der Waals surface area contributed by atoms with Crippen LogP contribution in [0.1, 0.15) is 21.6 Å². The number of aromatic amines is 1. The fraction of sp³-hybridized carbons (Fsp3) is 0.182. The van der Waals surface area contributed by atoms with E-state index in [9.17, 15) is 14.4 Å². The zero-order valence-electron chi connectivity index (χ0n) is 9.95. The molecule has 2 N–H and O–H groups in total. The van der Waals surface area contributed by atoms with E-state index in [2.05, 4.69) is 15.0 Å². The van der Waals surface area contributed by atoms with Crippen molar-refractivity contribution in [2.45, 2.75) is 13.5 Å². The highest BCUT2D eigenvalue weighted by atomic mass is 16.4. The zero-order chi connectivity index (χ0) is 14.0. The Bertz CT molecular complexity index is 747. The normalized spacial score (nSPS) is 10.4. The molecular weight excluding hydrogens is 252 g/mol. The van der Waals surface area contributed by atoms with Gasteiger partial charge in [-0.15, -0.1) is 0 Å². The SMILES string of the molecule is Cc1cn(Cc2ncncc2C(=O)O)c(=O)[nH]c1=O. The summed E-state index contributed by atoms with van der Waals surface area (Å²) >= 11 is 0. The lowest BCUT2D eigenvalue weighted by Crippen LogP contribution is -2.31. The summed E-state index contributed by atoms with van der Waals surface area (Å²) in [5.74, 6) is -1.18. The highest BCUT2D eigenvalue weighted by Crippen LogP contribution is 2.04. The maximum Gasteiger partial charge on any atom is 0.339 e. The minimum absolute atomic E-state index is 0.0550. The lowest BCUT2D eigenvalue weighted by atomic mass is 10.2. The Balaban J connectivity index is 2.48. The van der Waals surface area contributed by atoms with Gasteiger partial charge in [-0.3, -0.25) is 14.3 Å². The number of H-pyrrole nitrogens is 1. The van der Waals surface area contributed by atoms with E-state index in [1.54, 1.807) is 6.92 Å². The standard InChI is InChI=1S/C11H10N4O4/c1-6-3-15(11(19)14-9(6)16)4-8-7(10(17)18)2-12-5-13-8/h2-3,5H,4H2,1H3,(H,17,18)(H,14,16,19). The third-order valence-electron chi connectivity index (χ3n) is 2.53. The van der Waals surface area contributed by atoms with Gasteiger partial charge >= 0.3 is 11.7 Å². The van der Waals surface area contributed by atoms with Gasteiger partial charge in [-0.25, -0.2) is 19.6 Å². The molecule has 0 aliphatic carbocycles. The van der Waals surface area contributed by atoms with E-state index in [0.29, 0.717) is 5.56 Å². The fourth-order valence-electron chi connectivity index (χ4n) is 1.56. The van der Waals surface area contributed by atoms with Crippen LogP contribution in [0.25, 0.3) is 0 Å². The number of carboxylic acids is 1. The van der Waals surface area contributed by atoms with Gasteiger partial charge in [0.25, 0.3) is 5.56 Å². The molecule has 0 fully saturated rings. The molecule has 2 aromatic rings. The lowest BCUT2D eigenvalue weighted by molar-refractivity contribution is 0.0694. The van der Waals surface area contributed by atoms with Gasteiger partial charge in [0.2, 0.25) is 0 Å². The summed E-state index contributed by atoms with van der Waals surface area (Å²) in [6.45, 7) is 1.49. The second-order valence-electron chi connectivity index (χ2n) is 3.89. The first-order valence-corrected chi connectivity index (χ1v) is 5.31. The largest absolute Gasteiger partial charge is 0.478 e. The molecule has 0 unspecified atom stereocenters. The smallest absolute Gasteiger partial charge is 0.339 e. The van der Waals surface area contributed by atoms with Crippen LogP contribution in [0, 0.1) is 6.92 Å². The van der Waals surface area contributed by atoms with Crippen molar-refractivity contribution in [3.05, 3.63) is 56.4 Å². The van der Waals surface area contributed by atoms with Crippen LogP contribution in [0.15, 0.2) is 28.3 Å². The van der Waals surface area contributed by atoms with Crippen molar-refractivity contribution in [3.8, 4) is 0 Å². The van der Waals surface area contributed by atoms with Crippen molar-refractivity contribution in [1.82, 2.24) is 19.5 Å².